The standard InChI is InChI=1S/C60H38N4S/c1-3-15-41(16-4-1)63-56-31-27-45-35-53(56)54-36-46(28-32-57(54)63)62(48-26-30-52-51-22-8-10-24-59(51)65-60(52)38-48)44-20-12-14-40(34-44)39-13-11-19-43(33-39)61(45)47-25-29-50-49-21-7-9-23-55(49)64(58(50)37-47)42-17-5-2-6-18-42/h1-38H. The molecule has 0 aliphatic heterocycles. The molecule has 4 nitrogen and oxygen atoms in total. The summed E-state index contributed by atoms with van der Waals surface area (Å²) >= 11 is 1.86. The Morgan fingerprint density at radius 1 is 0.231 bits per heavy atom. The minimum atomic E-state index is 1.09. The second kappa shape index (κ2) is 14.1. The monoisotopic (exact) mass is 846 g/mol. The molecule has 65 heavy (non-hydrogen) atoms. The molecule has 8 bridgehead atoms. The van der Waals surface area contributed by atoms with E-state index in [1.165, 1.54) is 52.8 Å². The fraction of sp³-hybridized carbons (Fsp3) is 0. The molecule has 14 rings (SSSR count). The van der Waals surface area contributed by atoms with Crippen LogP contribution in [-0.4, -0.2) is 18.3 Å². The summed E-state index contributed by atoms with van der Waals surface area (Å²) in [5.41, 5.74) is 13.6. The Bertz CT molecular complexity index is 4290. The highest BCUT2D eigenvalue weighted by Gasteiger charge is 2.17. The smallest absolute Gasteiger partial charge is 0.0561 e. The summed E-state index contributed by atoms with van der Waals surface area (Å²) in [6, 6.07) is 85.0. The predicted molar refractivity (Wildman–Crippen MR) is 277 cm³/mol. The Kier molecular flexibility index (Phi) is 7.82. The predicted octanol–water partition coefficient (Wildman–Crippen LogP) is 16.4. The highest BCUT2D eigenvalue weighted by atomic mass is 32.1. The molecule has 0 spiro atoms. The third-order valence-corrected chi connectivity index (χ3v) is 14.5. The van der Waals surface area contributed by atoms with Gasteiger partial charge < -0.3 is 18.3 Å². The van der Waals surface area contributed by atoms with E-state index in [1.54, 1.807) is 0 Å². The number of nitrogens with zero attached hydrogens (tertiary/aromatic N) is 4. The Morgan fingerprint density at radius 2 is 0.708 bits per heavy atom. The molecule has 304 valence electrons. The number of rotatable bonds is 4. The van der Waals surface area contributed by atoms with Crippen molar-refractivity contribution in [1.82, 2.24) is 18.3 Å². The molecular formula is C60H38N4S. The van der Waals surface area contributed by atoms with Gasteiger partial charge in [0.05, 0.1) is 22.1 Å². The maximum Gasteiger partial charge on any atom is 0.0561 e. The molecule has 0 radical (unpaired) electrons. The summed E-state index contributed by atoms with van der Waals surface area (Å²) in [6.07, 6.45) is 0. The van der Waals surface area contributed by atoms with Crippen molar-refractivity contribution in [2.45, 2.75) is 0 Å². The van der Waals surface area contributed by atoms with Crippen molar-refractivity contribution in [3.8, 4) is 22.7 Å². The highest BCUT2D eigenvalue weighted by molar-refractivity contribution is 7.25. The average Bonchev–Trinajstić information content (AvgIpc) is 4.01. The molecule has 0 aliphatic carbocycles. The van der Waals surface area contributed by atoms with Crippen molar-refractivity contribution < 1.29 is 0 Å². The first-order chi connectivity index (χ1) is 32.2. The van der Waals surface area contributed by atoms with Gasteiger partial charge in [-0.3, -0.25) is 0 Å². The van der Waals surface area contributed by atoms with Crippen LogP contribution in [0.15, 0.2) is 231 Å². The molecule has 4 aromatic heterocycles. The lowest BCUT2D eigenvalue weighted by Gasteiger charge is -2.14. The van der Waals surface area contributed by atoms with Crippen LogP contribution in [0.25, 0.3) is 119 Å². The molecule has 0 N–H and O–H groups in total. The summed E-state index contributed by atoms with van der Waals surface area (Å²) in [4.78, 5) is 0. The minimum Gasteiger partial charge on any atom is -0.310 e. The van der Waals surface area contributed by atoms with Gasteiger partial charge in [0, 0.05) is 86.5 Å². The van der Waals surface area contributed by atoms with Crippen LogP contribution in [-0.2, 0) is 0 Å². The number of aromatic nitrogens is 4. The van der Waals surface area contributed by atoms with Crippen LogP contribution in [0.4, 0.5) is 0 Å². The van der Waals surface area contributed by atoms with Gasteiger partial charge in [-0.05, 0) is 132 Å². The Hall–Kier alpha value is -8.38. The molecule has 4 heterocycles. The van der Waals surface area contributed by atoms with Crippen molar-refractivity contribution in [1.29, 1.82) is 0 Å². The van der Waals surface area contributed by atoms with Crippen LogP contribution in [0, 0.1) is 0 Å². The Morgan fingerprint density at radius 3 is 1.35 bits per heavy atom. The molecular weight excluding hydrogens is 809 g/mol. The van der Waals surface area contributed by atoms with Gasteiger partial charge >= 0.3 is 0 Å². The van der Waals surface area contributed by atoms with Gasteiger partial charge in [0.15, 0.2) is 0 Å². The zero-order valence-electron chi connectivity index (χ0n) is 35.1. The fourth-order valence-electron chi connectivity index (χ4n) is 10.5. The summed E-state index contributed by atoms with van der Waals surface area (Å²) in [5.74, 6) is 0. The SMILES string of the molecule is c1ccc(-n2c3ccc4cc3c3cc(ccc32)n(-c2ccc3c5ccccc5n(-c5ccccc5)c3c2)c2cccc(c2)c2cccc(c2)n4-c2ccc3c(c2)sc2ccccc23)cc1. The summed E-state index contributed by atoms with van der Waals surface area (Å²) < 4.78 is 12.3. The summed E-state index contributed by atoms with van der Waals surface area (Å²) in [5, 5.41) is 9.75. The first-order valence-corrected chi connectivity index (χ1v) is 23.0. The van der Waals surface area contributed by atoms with Crippen molar-refractivity contribution in [2.24, 2.45) is 0 Å². The second-order valence-corrected chi connectivity index (χ2v) is 18.1. The maximum atomic E-state index is 2.44. The third kappa shape index (κ3) is 5.56. The van der Waals surface area contributed by atoms with Gasteiger partial charge in [0.2, 0.25) is 0 Å². The van der Waals surface area contributed by atoms with Crippen LogP contribution in [0.2, 0.25) is 0 Å². The number of hydrogen-bond acceptors (Lipinski definition) is 1. The fourth-order valence-corrected chi connectivity index (χ4v) is 11.6. The average molecular weight is 847 g/mol. The number of hydrogen-bond donors (Lipinski definition) is 0. The molecule has 14 aromatic rings. The first-order valence-electron chi connectivity index (χ1n) is 22.2. The van der Waals surface area contributed by atoms with E-state index in [9.17, 15) is 0 Å². The quantitative estimate of drug-likeness (QED) is 0.168. The summed E-state index contributed by atoms with van der Waals surface area (Å²) in [6.45, 7) is 0. The Labute approximate surface area is 377 Å². The van der Waals surface area contributed by atoms with E-state index in [0.29, 0.717) is 0 Å². The maximum absolute atomic E-state index is 2.44. The largest absolute Gasteiger partial charge is 0.310 e. The number of para-hydroxylation sites is 3. The normalized spacial score (nSPS) is 12.0. The van der Waals surface area contributed by atoms with Crippen molar-refractivity contribution in [3.05, 3.63) is 231 Å². The highest BCUT2D eigenvalue weighted by Crippen LogP contribution is 2.39. The van der Waals surface area contributed by atoms with E-state index in [2.05, 4.69) is 249 Å². The van der Waals surface area contributed by atoms with Crippen LogP contribution in [0.5, 0.6) is 0 Å². The molecule has 0 amide bonds. The number of fused-ring (bicyclic) bond motifs is 13. The van der Waals surface area contributed by atoms with E-state index in [-0.39, 0.29) is 0 Å². The molecule has 0 fully saturated rings. The zero-order chi connectivity index (χ0) is 42.6. The Balaban J connectivity index is 1.13. The molecule has 0 aliphatic rings. The zero-order valence-corrected chi connectivity index (χ0v) is 36.0. The molecule has 0 saturated carbocycles. The number of benzene rings is 10. The minimum absolute atomic E-state index is 1.09. The van der Waals surface area contributed by atoms with Crippen molar-refractivity contribution in [3.63, 3.8) is 0 Å². The summed E-state index contributed by atoms with van der Waals surface area (Å²) in [7, 11) is 0. The topological polar surface area (TPSA) is 19.7 Å². The molecule has 5 heteroatoms. The van der Waals surface area contributed by atoms with Gasteiger partial charge in [0.1, 0.15) is 0 Å². The third-order valence-electron chi connectivity index (χ3n) is 13.4. The second-order valence-electron chi connectivity index (χ2n) is 17.0. The lowest BCUT2D eigenvalue weighted by atomic mass is 10.1. The molecule has 0 atom stereocenters. The van der Waals surface area contributed by atoms with Gasteiger partial charge in [-0.25, -0.2) is 0 Å². The lowest BCUT2D eigenvalue weighted by Crippen LogP contribution is -1.99. The van der Waals surface area contributed by atoms with Crippen LogP contribution < -0.4 is 0 Å². The van der Waals surface area contributed by atoms with Crippen LogP contribution in [0.1, 0.15) is 0 Å². The first kappa shape index (κ1) is 36.1. The van der Waals surface area contributed by atoms with Gasteiger partial charge in [-0.15, -0.1) is 11.3 Å². The van der Waals surface area contributed by atoms with E-state index >= 15 is 0 Å². The van der Waals surface area contributed by atoms with E-state index in [1.807, 2.05) is 11.3 Å². The van der Waals surface area contributed by atoms with Crippen LogP contribution in [0.3, 0.4) is 0 Å². The van der Waals surface area contributed by atoms with Gasteiger partial charge in [-0.2, -0.15) is 0 Å². The number of thiophene rings is 1. The van der Waals surface area contributed by atoms with Gasteiger partial charge in [-0.1, -0.05) is 109 Å². The van der Waals surface area contributed by atoms with E-state index in [4.69, 9.17) is 0 Å². The molecule has 0 saturated heterocycles. The lowest BCUT2D eigenvalue weighted by molar-refractivity contribution is 1.14. The molecule has 10 aromatic carbocycles. The van der Waals surface area contributed by atoms with E-state index in [0.717, 1.165) is 66.6 Å². The van der Waals surface area contributed by atoms with E-state index < -0.39 is 0 Å². The van der Waals surface area contributed by atoms with Crippen molar-refractivity contribution >= 4 is 108 Å². The van der Waals surface area contributed by atoms with Crippen LogP contribution >= 0.6 is 11.3 Å². The van der Waals surface area contributed by atoms with Crippen molar-refractivity contribution in [2.75, 3.05) is 0 Å². The molecule has 0 unspecified atom stereocenters. The van der Waals surface area contributed by atoms with Gasteiger partial charge in [0.25, 0.3) is 0 Å².